The average Bonchev–Trinajstić information content (AvgIpc) is 3.04. The van der Waals surface area contributed by atoms with Crippen molar-refractivity contribution in [3.8, 4) is 0 Å². The Morgan fingerprint density at radius 2 is 2.20 bits per heavy atom. The van der Waals surface area contributed by atoms with Gasteiger partial charge in [-0.15, -0.1) is 0 Å². The van der Waals surface area contributed by atoms with Crippen LogP contribution in [0.2, 0.25) is 0 Å². The number of fused-ring (bicyclic) bond motifs is 1. The SMILES string of the molecule is O=C(Cn1cnc([N+](=O)[O-])c1)N1CCc2ccccc21. The number of benzene rings is 1. The molecule has 7 nitrogen and oxygen atoms in total. The molecule has 2 heterocycles. The van der Waals surface area contributed by atoms with E-state index in [0.29, 0.717) is 6.54 Å². The van der Waals surface area contributed by atoms with Crippen LogP contribution in [0.4, 0.5) is 11.5 Å². The minimum atomic E-state index is -0.577. The monoisotopic (exact) mass is 272 g/mol. The summed E-state index contributed by atoms with van der Waals surface area (Å²) < 4.78 is 1.43. The first-order chi connectivity index (χ1) is 9.65. The van der Waals surface area contributed by atoms with E-state index in [4.69, 9.17) is 0 Å². The molecule has 0 aliphatic carbocycles. The van der Waals surface area contributed by atoms with E-state index in [1.807, 2.05) is 24.3 Å². The fraction of sp³-hybridized carbons (Fsp3) is 0.231. The molecule has 0 bridgehead atoms. The lowest BCUT2D eigenvalue weighted by Crippen LogP contribution is -2.31. The molecule has 0 fully saturated rings. The fourth-order valence-corrected chi connectivity index (χ4v) is 2.37. The summed E-state index contributed by atoms with van der Waals surface area (Å²) in [6.07, 6.45) is 3.41. The van der Waals surface area contributed by atoms with Crippen LogP contribution in [0.25, 0.3) is 0 Å². The molecule has 20 heavy (non-hydrogen) atoms. The summed E-state index contributed by atoms with van der Waals surface area (Å²) in [6.45, 7) is 0.699. The van der Waals surface area contributed by atoms with Gasteiger partial charge in [0.2, 0.25) is 12.2 Å². The van der Waals surface area contributed by atoms with E-state index in [0.717, 1.165) is 17.7 Å². The largest absolute Gasteiger partial charge is 0.381 e. The number of hydrogen-bond donors (Lipinski definition) is 0. The van der Waals surface area contributed by atoms with Crippen LogP contribution in [-0.4, -0.2) is 26.9 Å². The first kappa shape index (κ1) is 12.3. The van der Waals surface area contributed by atoms with E-state index in [1.165, 1.54) is 17.1 Å². The summed E-state index contributed by atoms with van der Waals surface area (Å²) >= 11 is 0. The van der Waals surface area contributed by atoms with Crippen molar-refractivity contribution in [2.24, 2.45) is 0 Å². The number of hydrogen-bond acceptors (Lipinski definition) is 4. The quantitative estimate of drug-likeness (QED) is 0.624. The summed E-state index contributed by atoms with van der Waals surface area (Å²) in [4.78, 5) is 27.6. The first-order valence-electron chi connectivity index (χ1n) is 6.19. The molecule has 1 aliphatic rings. The maximum atomic E-state index is 12.3. The molecule has 0 saturated heterocycles. The lowest BCUT2D eigenvalue weighted by atomic mass is 10.2. The van der Waals surface area contributed by atoms with Gasteiger partial charge in [0.25, 0.3) is 0 Å². The van der Waals surface area contributed by atoms with Crippen molar-refractivity contribution < 1.29 is 9.72 Å². The van der Waals surface area contributed by atoms with Crippen LogP contribution in [0, 0.1) is 10.1 Å². The third kappa shape index (κ3) is 2.13. The van der Waals surface area contributed by atoms with Crippen molar-refractivity contribution in [2.45, 2.75) is 13.0 Å². The molecule has 0 N–H and O–H groups in total. The Balaban J connectivity index is 1.75. The van der Waals surface area contributed by atoms with Gasteiger partial charge in [-0.1, -0.05) is 18.2 Å². The predicted molar refractivity (Wildman–Crippen MR) is 71.4 cm³/mol. The highest BCUT2D eigenvalue weighted by Gasteiger charge is 2.24. The molecular weight excluding hydrogens is 260 g/mol. The fourth-order valence-electron chi connectivity index (χ4n) is 2.37. The summed E-state index contributed by atoms with van der Waals surface area (Å²) in [5, 5.41) is 10.6. The van der Waals surface area contributed by atoms with Gasteiger partial charge in [0.1, 0.15) is 12.7 Å². The van der Waals surface area contributed by atoms with Crippen LogP contribution in [0.3, 0.4) is 0 Å². The second-order valence-corrected chi connectivity index (χ2v) is 4.59. The molecule has 0 radical (unpaired) electrons. The van der Waals surface area contributed by atoms with E-state index < -0.39 is 4.92 Å². The molecule has 1 aliphatic heterocycles. The standard InChI is InChI=1S/C13H12N4O3/c18-13(8-15-7-12(14-9-15)17(19)20)16-6-5-10-3-1-2-4-11(10)16/h1-4,7,9H,5-6,8H2. The van der Waals surface area contributed by atoms with Crippen molar-refractivity contribution in [2.75, 3.05) is 11.4 Å². The molecule has 1 aromatic carbocycles. The smallest absolute Gasteiger partial charge is 0.358 e. The number of rotatable bonds is 3. The number of anilines is 1. The summed E-state index contributed by atoms with van der Waals surface area (Å²) in [5.74, 6) is -0.345. The number of carbonyl (C=O) groups is 1. The van der Waals surface area contributed by atoms with E-state index >= 15 is 0 Å². The second kappa shape index (κ2) is 4.76. The van der Waals surface area contributed by atoms with Gasteiger partial charge in [0.05, 0.1) is 0 Å². The Morgan fingerprint density at radius 3 is 2.95 bits per heavy atom. The molecule has 1 aromatic heterocycles. The summed E-state index contributed by atoms with van der Waals surface area (Å²) in [5.41, 5.74) is 2.07. The van der Waals surface area contributed by atoms with E-state index in [1.54, 1.807) is 4.90 Å². The highest BCUT2D eigenvalue weighted by molar-refractivity contribution is 5.95. The topological polar surface area (TPSA) is 81.3 Å². The Labute approximate surface area is 114 Å². The highest BCUT2D eigenvalue weighted by atomic mass is 16.6. The number of nitrogens with zero attached hydrogens (tertiary/aromatic N) is 4. The zero-order valence-electron chi connectivity index (χ0n) is 10.6. The number of para-hydroxylation sites is 1. The molecule has 7 heteroatoms. The summed E-state index contributed by atoms with van der Waals surface area (Å²) in [7, 11) is 0. The van der Waals surface area contributed by atoms with Crippen molar-refractivity contribution in [1.82, 2.24) is 9.55 Å². The van der Waals surface area contributed by atoms with Crippen LogP contribution >= 0.6 is 0 Å². The van der Waals surface area contributed by atoms with Gasteiger partial charge in [-0.3, -0.25) is 4.79 Å². The van der Waals surface area contributed by atoms with E-state index in [2.05, 4.69) is 4.98 Å². The van der Waals surface area contributed by atoms with E-state index in [9.17, 15) is 14.9 Å². The highest BCUT2D eigenvalue weighted by Crippen LogP contribution is 2.27. The van der Waals surface area contributed by atoms with Crippen molar-refractivity contribution in [3.05, 3.63) is 52.5 Å². The Hall–Kier alpha value is -2.70. The normalized spacial score (nSPS) is 13.3. The van der Waals surface area contributed by atoms with Gasteiger partial charge in [-0.2, -0.15) is 0 Å². The number of nitro groups is 1. The lowest BCUT2D eigenvalue weighted by Gasteiger charge is -2.17. The number of amides is 1. The number of carbonyl (C=O) groups excluding carboxylic acids is 1. The minimum absolute atomic E-state index is 0.0508. The molecule has 0 atom stereocenters. The van der Waals surface area contributed by atoms with Crippen LogP contribution in [0.15, 0.2) is 36.8 Å². The second-order valence-electron chi connectivity index (χ2n) is 4.59. The van der Waals surface area contributed by atoms with Crippen LogP contribution in [0.1, 0.15) is 5.56 Å². The number of imidazole rings is 1. The van der Waals surface area contributed by atoms with Crippen LogP contribution in [-0.2, 0) is 17.8 Å². The lowest BCUT2D eigenvalue weighted by molar-refractivity contribution is -0.389. The zero-order valence-corrected chi connectivity index (χ0v) is 10.6. The Morgan fingerprint density at radius 1 is 1.40 bits per heavy atom. The number of aromatic nitrogens is 2. The minimum Gasteiger partial charge on any atom is -0.358 e. The van der Waals surface area contributed by atoms with Gasteiger partial charge in [0, 0.05) is 12.2 Å². The van der Waals surface area contributed by atoms with Gasteiger partial charge in [-0.25, -0.2) is 0 Å². The molecule has 0 saturated carbocycles. The molecule has 0 spiro atoms. The first-order valence-corrected chi connectivity index (χ1v) is 6.19. The third-order valence-corrected chi connectivity index (χ3v) is 3.31. The molecule has 102 valence electrons. The predicted octanol–water partition coefficient (Wildman–Crippen LogP) is 1.38. The van der Waals surface area contributed by atoms with Crippen molar-refractivity contribution >= 4 is 17.4 Å². The maximum absolute atomic E-state index is 12.3. The van der Waals surface area contributed by atoms with Crippen LogP contribution < -0.4 is 4.90 Å². The Kier molecular flexibility index (Phi) is 2.94. The van der Waals surface area contributed by atoms with Crippen molar-refractivity contribution in [1.29, 1.82) is 0 Å². The molecule has 3 rings (SSSR count). The molecule has 2 aromatic rings. The molecule has 0 unspecified atom stereocenters. The van der Waals surface area contributed by atoms with Gasteiger partial charge in [0.15, 0.2) is 0 Å². The average molecular weight is 272 g/mol. The van der Waals surface area contributed by atoms with Gasteiger partial charge in [-0.05, 0) is 28.0 Å². The zero-order chi connectivity index (χ0) is 14.1. The summed E-state index contributed by atoms with van der Waals surface area (Å²) in [6, 6.07) is 7.76. The van der Waals surface area contributed by atoms with Gasteiger partial charge < -0.3 is 19.6 Å². The Bertz CT molecular complexity index is 680. The van der Waals surface area contributed by atoms with Crippen molar-refractivity contribution in [3.63, 3.8) is 0 Å². The maximum Gasteiger partial charge on any atom is 0.381 e. The third-order valence-electron chi connectivity index (χ3n) is 3.31. The van der Waals surface area contributed by atoms with E-state index in [-0.39, 0.29) is 18.3 Å². The molecule has 1 amide bonds. The van der Waals surface area contributed by atoms with Gasteiger partial charge >= 0.3 is 5.82 Å². The van der Waals surface area contributed by atoms with Crippen LogP contribution in [0.5, 0.6) is 0 Å². The molecular formula is C13H12N4O3.